The van der Waals surface area contributed by atoms with Crippen LogP contribution in [0.4, 0.5) is 11.4 Å². The van der Waals surface area contributed by atoms with Crippen LogP contribution in [0.5, 0.6) is 0 Å². The van der Waals surface area contributed by atoms with Crippen molar-refractivity contribution < 1.29 is 4.79 Å². The molecule has 4 nitrogen and oxygen atoms in total. The Kier molecular flexibility index (Phi) is 7.43. The van der Waals surface area contributed by atoms with Crippen molar-refractivity contribution >= 4 is 17.2 Å². The minimum atomic E-state index is 0.363. The molecule has 4 rings (SSSR count). The van der Waals surface area contributed by atoms with Gasteiger partial charge in [-0.2, -0.15) is 0 Å². The minimum Gasteiger partial charge on any atom is -0.372 e. The Hall–Kier alpha value is -1.55. The van der Waals surface area contributed by atoms with E-state index in [0.29, 0.717) is 35.5 Å². The smallest absolute Gasteiger partial charge is 0.146 e. The molecule has 33 heavy (non-hydrogen) atoms. The van der Waals surface area contributed by atoms with Crippen molar-refractivity contribution in [3.8, 4) is 0 Å². The van der Waals surface area contributed by atoms with E-state index in [4.69, 9.17) is 0 Å². The Balaban J connectivity index is 1.60. The Labute approximate surface area is 202 Å². The number of anilines is 2. The van der Waals surface area contributed by atoms with Crippen LogP contribution in [0.3, 0.4) is 0 Å². The lowest BCUT2D eigenvalue weighted by Gasteiger charge is -2.46. The largest absolute Gasteiger partial charge is 0.372 e. The van der Waals surface area contributed by atoms with Gasteiger partial charge in [-0.05, 0) is 79.0 Å². The quantitative estimate of drug-likeness (QED) is 0.520. The number of benzene rings is 1. The number of carbonyl (C=O) groups is 1. The average molecular weight is 454 g/mol. The summed E-state index contributed by atoms with van der Waals surface area (Å²) in [5, 5.41) is 0. The van der Waals surface area contributed by atoms with Crippen LogP contribution in [0.1, 0.15) is 91.0 Å². The van der Waals surface area contributed by atoms with Crippen LogP contribution in [0, 0.1) is 10.8 Å². The molecule has 3 aliphatic rings. The number of rotatable bonds is 6. The van der Waals surface area contributed by atoms with E-state index in [9.17, 15) is 4.79 Å². The molecule has 0 bridgehead atoms. The van der Waals surface area contributed by atoms with Crippen LogP contribution in [-0.4, -0.2) is 56.5 Å². The topological polar surface area (TPSA) is 26.8 Å². The third kappa shape index (κ3) is 6.12. The first kappa shape index (κ1) is 24.6. The van der Waals surface area contributed by atoms with Gasteiger partial charge in [-0.1, -0.05) is 34.6 Å². The molecule has 2 aliphatic heterocycles. The van der Waals surface area contributed by atoms with Crippen molar-refractivity contribution in [3.05, 3.63) is 23.8 Å². The fraction of sp³-hybridized carbons (Fsp3) is 0.759. The van der Waals surface area contributed by atoms with Crippen LogP contribution < -0.4 is 9.80 Å². The van der Waals surface area contributed by atoms with Gasteiger partial charge in [0.1, 0.15) is 5.78 Å². The predicted molar refractivity (Wildman–Crippen MR) is 141 cm³/mol. The Bertz CT molecular complexity index is 800. The second kappa shape index (κ2) is 9.98. The van der Waals surface area contributed by atoms with E-state index in [2.05, 4.69) is 60.6 Å². The maximum atomic E-state index is 11.9. The molecule has 3 fully saturated rings. The van der Waals surface area contributed by atoms with E-state index in [0.717, 1.165) is 26.2 Å². The average Bonchev–Trinajstić information content (AvgIpc) is 2.78. The summed E-state index contributed by atoms with van der Waals surface area (Å²) in [7, 11) is 0. The summed E-state index contributed by atoms with van der Waals surface area (Å²) in [6.45, 7) is 18.9. The predicted octanol–water partition coefficient (Wildman–Crippen LogP) is 6.10. The highest BCUT2D eigenvalue weighted by Crippen LogP contribution is 2.53. The first-order chi connectivity index (χ1) is 15.7. The molecule has 1 aliphatic carbocycles. The van der Waals surface area contributed by atoms with Gasteiger partial charge in [-0.3, -0.25) is 9.69 Å². The summed E-state index contributed by atoms with van der Waals surface area (Å²) in [5.41, 5.74) is 5.23. The zero-order chi connectivity index (χ0) is 23.6. The number of hydrogen-bond acceptors (Lipinski definition) is 4. The van der Waals surface area contributed by atoms with Gasteiger partial charge in [-0.15, -0.1) is 0 Å². The summed E-state index contributed by atoms with van der Waals surface area (Å²) in [6.07, 6.45) is 8.52. The maximum Gasteiger partial charge on any atom is 0.146 e. The Morgan fingerprint density at radius 3 is 2.12 bits per heavy atom. The van der Waals surface area contributed by atoms with Crippen molar-refractivity contribution in [2.24, 2.45) is 10.8 Å². The van der Waals surface area contributed by atoms with Crippen molar-refractivity contribution in [1.29, 1.82) is 0 Å². The number of carbonyl (C=O) groups excluding carboxylic acids is 1. The highest BCUT2D eigenvalue weighted by atomic mass is 16.1. The van der Waals surface area contributed by atoms with E-state index >= 15 is 0 Å². The molecular formula is C29H47N3O. The van der Waals surface area contributed by atoms with Crippen molar-refractivity contribution in [1.82, 2.24) is 4.90 Å². The number of piperidine rings is 1. The molecule has 0 unspecified atom stereocenters. The SMILES string of the molecule is CCC(=O)CN1CCN(c2ccc(N3CCCCC3)cc2C2CC(C)(C)CC(C)(C)C2)CC1. The van der Waals surface area contributed by atoms with E-state index in [1.54, 1.807) is 5.56 Å². The molecule has 0 aromatic heterocycles. The fourth-order valence-corrected chi connectivity index (χ4v) is 7.08. The summed E-state index contributed by atoms with van der Waals surface area (Å²) in [5.74, 6) is 0.977. The summed E-state index contributed by atoms with van der Waals surface area (Å²) in [4.78, 5) is 19.5. The standard InChI is InChI=1S/C29H47N3O/c1-6-25(33)21-30-14-16-32(17-15-30)27-11-10-24(31-12-8-7-9-13-31)18-26(27)23-19-28(2,3)22-29(4,5)20-23/h10-11,18,23H,6-9,12-17,19-22H2,1-5H3. The van der Waals surface area contributed by atoms with Crippen molar-refractivity contribution in [3.63, 3.8) is 0 Å². The lowest BCUT2D eigenvalue weighted by molar-refractivity contribution is -0.119. The van der Waals surface area contributed by atoms with Gasteiger partial charge in [0.05, 0.1) is 6.54 Å². The van der Waals surface area contributed by atoms with E-state index in [1.807, 2.05) is 6.92 Å². The van der Waals surface area contributed by atoms with Crippen LogP contribution in [0.2, 0.25) is 0 Å². The Morgan fingerprint density at radius 2 is 1.52 bits per heavy atom. The van der Waals surface area contributed by atoms with Gasteiger partial charge in [0, 0.05) is 57.1 Å². The molecule has 0 spiro atoms. The molecule has 1 aromatic carbocycles. The van der Waals surface area contributed by atoms with Gasteiger partial charge in [0.15, 0.2) is 0 Å². The van der Waals surface area contributed by atoms with E-state index in [-0.39, 0.29) is 0 Å². The maximum absolute atomic E-state index is 11.9. The second-order valence-corrected chi connectivity index (χ2v) is 12.6. The number of hydrogen-bond donors (Lipinski definition) is 0. The molecule has 4 heteroatoms. The van der Waals surface area contributed by atoms with Gasteiger partial charge in [0.2, 0.25) is 0 Å². The highest BCUT2D eigenvalue weighted by Gasteiger charge is 2.40. The molecule has 0 atom stereocenters. The van der Waals surface area contributed by atoms with Crippen LogP contribution in [-0.2, 0) is 4.79 Å². The third-order valence-electron chi connectivity index (χ3n) is 8.23. The Morgan fingerprint density at radius 1 is 0.879 bits per heavy atom. The van der Waals surface area contributed by atoms with Crippen LogP contribution >= 0.6 is 0 Å². The lowest BCUT2D eigenvalue weighted by Crippen LogP contribution is -2.48. The summed E-state index contributed by atoms with van der Waals surface area (Å²) >= 11 is 0. The molecular weight excluding hydrogens is 406 g/mol. The molecule has 0 amide bonds. The van der Waals surface area contributed by atoms with Gasteiger partial charge < -0.3 is 9.80 Å². The highest BCUT2D eigenvalue weighted by molar-refractivity contribution is 5.80. The molecule has 1 aromatic rings. The van der Waals surface area contributed by atoms with Crippen molar-refractivity contribution in [2.75, 3.05) is 55.6 Å². The minimum absolute atomic E-state index is 0.363. The first-order valence-corrected chi connectivity index (χ1v) is 13.5. The molecule has 2 saturated heterocycles. The lowest BCUT2D eigenvalue weighted by atomic mass is 9.60. The summed E-state index contributed by atoms with van der Waals surface area (Å²) in [6, 6.07) is 7.38. The van der Waals surface area contributed by atoms with E-state index < -0.39 is 0 Å². The molecule has 184 valence electrons. The van der Waals surface area contributed by atoms with Gasteiger partial charge in [-0.25, -0.2) is 0 Å². The molecule has 0 N–H and O–H groups in total. The van der Waals surface area contributed by atoms with Crippen LogP contribution in [0.25, 0.3) is 0 Å². The molecule has 0 radical (unpaired) electrons. The third-order valence-corrected chi connectivity index (χ3v) is 8.23. The number of Topliss-reactive ketones (excluding diaryl/α,β-unsaturated/α-hetero) is 1. The van der Waals surface area contributed by atoms with Gasteiger partial charge >= 0.3 is 0 Å². The molecule has 1 saturated carbocycles. The summed E-state index contributed by atoms with van der Waals surface area (Å²) < 4.78 is 0. The number of nitrogens with zero attached hydrogens (tertiary/aromatic N) is 3. The number of piperazine rings is 1. The van der Waals surface area contributed by atoms with Crippen LogP contribution in [0.15, 0.2) is 18.2 Å². The number of ketones is 1. The normalized spacial score (nSPS) is 24.2. The zero-order valence-corrected chi connectivity index (χ0v) is 22.0. The molecule has 2 heterocycles. The first-order valence-electron chi connectivity index (χ1n) is 13.5. The van der Waals surface area contributed by atoms with Gasteiger partial charge in [0.25, 0.3) is 0 Å². The zero-order valence-electron chi connectivity index (χ0n) is 22.0. The van der Waals surface area contributed by atoms with E-state index in [1.165, 1.54) is 63.0 Å². The van der Waals surface area contributed by atoms with Crippen molar-refractivity contribution in [2.45, 2.75) is 85.5 Å². The second-order valence-electron chi connectivity index (χ2n) is 12.6. The fourth-order valence-electron chi connectivity index (χ4n) is 7.08. The monoisotopic (exact) mass is 453 g/mol.